The highest BCUT2D eigenvalue weighted by Crippen LogP contribution is 2.12. The second kappa shape index (κ2) is 10.1. The van der Waals surface area contributed by atoms with Crippen molar-refractivity contribution in [3.05, 3.63) is 65.7 Å². The zero-order valence-corrected chi connectivity index (χ0v) is 16.5. The minimum absolute atomic E-state index is 0.177. The molecule has 146 valence electrons. The highest BCUT2D eigenvalue weighted by Gasteiger charge is 2.19. The fraction of sp³-hybridized carbons (Fsp3) is 0.350. The van der Waals surface area contributed by atoms with Crippen molar-refractivity contribution < 1.29 is 17.9 Å². The molecule has 0 spiro atoms. The molecule has 0 aliphatic carbocycles. The third-order valence-corrected chi connectivity index (χ3v) is 5.43. The first-order valence-electron chi connectivity index (χ1n) is 8.77. The van der Waals surface area contributed by atoms with E-state index in [4.69, 9.17) is 4.74 Å². The van der Waals surface area contributed by atoms with Crippen molar-refractivity contribution in [2.75, 3.05) is 33.0 Å². The van der Waals surface area contributed by atoms with Gasteiger partial charge in [-0.3, -0.25) is 4.79 Å². The molecule has 0 radical (unpaired) electrons. The van der Waals surface area contributed by atoms with E-state index in [-0.39, 0.29) is 19.0 Å². The molecule has 1 N–H and O–H groups in total. The van der Waals surface area contributed by atoms with E-state index in [2.05, 4.69) is 5.32 Å². The van der Waals surface area contributed by atoms with Gasteiger partial charge in [-0.15, -0.1) is 0 Å². The van der Waals surface area contributed by atoms with Crippen molar-refractivity contribution >= 4 is 15.9 Å². The molecule has 0 aliphatic rings. The Morgan fingerprint density at radius 2 is 1.63 bits per heavy atom. The minimum Gasteiger partial charge on any atom is -0.497 e. The molecule has 2 aromatic rings. The predicted molar refractivity (Wildman–Crippen MR) is 106 cm³/mol. The van der Waals surface area contributed by atoms with Crippen LogP contribution in [0, 0.1) is 0 Å². The summed E-state index contributed by atoms with van der Waals surface area (Å²) in [5, 5.41) is 2.79. The van der Waals surface area contributed by atoms with Crippen LogP contribution < -0.4 is 10.1 Å². The van der Waals surface area contributed by atoms with Crippen LogP contribution in [0.3, 0.4) is 0 Å². The number of rotatable bonds is 10. The molecule has 0 aromatic heterocycles. The number of methoxy groups -OCH3 is 1. The number of carbonyl (C=O) groups is 1. The van der Waals surface area contributed by atoms with Crippen LogP contribution in [0.15, 0.2) is 54.6 Å². The fourth-order valence-electron chi connectivity index (χ4n) is 2.62. The van der Waals surface area contributed by atoms with Gasteiger partial charge in [-0.2, -0.15) is 4.31 Å². The Kier molecular flexibility index (Phi) is 7.82. The molecule has 0 aliphatic heterocycles. The number of benzene rings is 2. The molecule has 0 fully saturated rings. The van der Waals surface area contributed by atoms with Crippen LogP contribution in [0.2, 0.25) is 0 Å². The second-order valence-electron chi connectivity index (χ2n) is 6.28. The zero-order chi connectivity index (χ0) is 19.7. The summed E-state index contributed by atoms with van der Waals surface area (Å²) in [4.78, 5) is 12.2. The average molecular weight is 391 g/mol. The van der Waals surface area contributed by atoms with Crippen LogP contribution in [0.5, 0.6) is 5.75 Å². The van der Waals surface area contributed by atoms with E-state index < -0.39 is 10.0 Å². The quantitative estimate of drug-likeness (QED) is 0.672. The Morgan fingerprint density at radius 3 is 2.22 bits per heavy atom. The maximum Gasteiger partial charge on any atom is 0.235 e. The maximum absolute atomic E-state index is 12.2. The van der Waals surface area contributed by atoms with Gasteiger partial charge in [-0.05, 0) is 36.1 Å². The number of nitrogens with zero attached hydrogens (tertiary/aromatic N) is 1. The Balaban J connectivity index is 1.84. The van der Waals surface area contributed by atoms with E-state index in [9.17, 15) is 13.2 Å². The number of hydrogen-bond acceptors (Lipinski definition) is 4. The van der Waals surface area contributed by atoms with E-state index in [0.717, 1.165) is 23.1 Å². The molecule has 6 nitrogen and oxygen atoms in total. The molecule has 2 rings (SSSR count). The Morgan fingerprint density at radius 1 is 1.00 bits per heavy atom. The third kappa shape index (κ3) is 7.40. The van der Waals surface area contributed by atoms with E-state index in [1.807, 2.05) is 54.6 Å². The summed E-state index contributed by atoms with van der Waals surface area (Å²) in [5.41, 5.74) is 2.10. The van der Waals surface area contributed by atoms with Gasteiger partial charge < -0.3 is 10.1 Å². The maximum atomic E-state index is 12.2. The Bertz CT molecular complexity index is 821. The summed E-state index contributed by atoms with van der Waals surface area (Å²) < 4.78 is 30.3. The smallest absolute Gasteiger partial charge is 0.235 e. The standard InChI is InChI=1S/C20H26N2O4S/c1-26-19-10-8-18(9-11-19)13-15-22(27(2,24)25)16-20(23)21-14-12-17-6-4-3-5-7-17/h3-11H,12-16H2,1-2H3,(H,21,23). The topological polar surface area (TPSA) is 75.7 Å². The number of nitrogens with one attached hydrogen (secondary N) is 1. The number of amides is 1. The molecule has 0 saturated heterocycles. The third-order valence-electron chi connectivity index (χ3n) is 4.18. The van der Waals surface area contributed by atoms with E-state index in [1.54, 1.807) is 7.11 Å². The van der Waals surface area contributed by atoms with Crippen LogP contribution in [0.1, 0.15) is 11.1 Å². The molecular formula is C20H26N2O4S. The molecule has 0 saturated carbocycles. The first-order chi connectivity index (χ1) is 12.9. The molecule has 0 unspecified atom stereocenters. The second-order valence-corrected chi connectivity index (χ2v) is 8.26. The lowest BCUT2D eigenvalue weighted by Crippen LogP contribution is -2.41. The lowest BCUT2D eigenvalue weighted by molar-refractivity contribution is -0.121. The summed E-state index contributed by atoms with van der Waals surface area (Å²) in [7, 11) is -1.88. The lowest BCUT2D eigenvalue weighted by atomic mass is 10.1. The van der Waals surface area contributed by atoms with Gasteiger partial charge in [-0.1, -0.05) is 42.5 Å². The van der Waals surface area contributed by atoms with Crippen molar-refractivity contribution in [1.82, 2.24) is 9.62 Å². The van der Waals surface area contributed by atoms with Crippen molar-refractivity contribution in [1.29, 1.82) is 0 Å². The average Bonchev–Trinajstić information content (AvgIpc) is 2.65. The van der Waals surface area contributed by atoms with E-state index in [1.165, 1.54) is 4.31 Å². The van der Waals surface area contributed by atoms with Gasteiger partial charge in [0.1, 0.15) is 5.75 Å². The summed E-state index contributed by atoms with van der Waals surface area (Å²) >= 11 is 0. The zero-order valence-electron chi connectivity index (χ0n) is 15.7. The minimum atomic E-state index is -3.47. The number of sulfonamides is 1. The number of hydrogen-bond donors (Lipinski definition) is 1. The molecular weight excluding hydrogens is 364 g/mol. The van der Waals surface area contributed by atoms with Crippen LogP contribution in [0.25, 0.3) is 0 Å². The predicted octanol–water partition coefficient (Wildman–Crippen LogP) is 1.86. The Hall–Kier alpha value is -2.38. The molecule has 0 bridgehead atoms. The van der Waals surface area contributed by atoms with Gasteiger partial charge in [0.05, 0.1) is 19.9 Å². The van der Waals surface area contributed by atoms with Gasteiger partial charge in [0.2, 0.25) is 15.9 Å². The van der Waals surface area contributed by atoms with Gasteiger partial charge >= 0.3 is 0 Å². The van der Waals surface area contributed by atoms with Crippen LogP contribution >= 0.6 is 0 Å². The van der Waals surface area contributed by atoms with Crippen molar-refractivity contribution in [3.63, 3.8) is 0 Å². The number of ether oxygens (including phenoxy) is 1. The first kappa shape index (κ1) is 20.9. The molecule has 7 heteroatoms. The summed E-state index contributed by atoms with van der Waals surface area (Å²) in [6.07, 6.45) is 2.35. The van der Waals surface area contributed by atoms with Gasteiger partial charge in [0.15, 0.2) is 0 Å². The van der Waals surface area contributed by atoms with Crippen molar-refractivity contribution in [2.24, 2.45) is 0 Å². The lowest BCUT2D eigenvalue weighted by Gasteiger charge is -2.19. The molecule has 2 aromatic carbocycles. The molecule has 0 heterocycles. The molecule has 27 heavy (non-hydrogen) atoms. The van der Waals surface area contributed by atoms with Crippen molar-refractivity contribution in [2.45, 2.75) is 12.8 Å². The molecule has 1 amide bonds. The normalized spacial score (nSPS) is 11.4. The van der Waals surface area contributed by atoms with Gasteiger partial charge in [0.25, 0.3) is 0 Å². The van der Waals surface area contributed by atoms with Gasteiger partial charge in [-0.25, -0.2) is 8.42 Å². The highest BCUT2D eigenvalue weighted by atomic mass is 32.2. The summed E-state index contributed by atoms with van der Waals surface area (Å²) in [5.74, 6) is 0.447. The first-order valence-corrected chi connectivity index (χ1v) is 10.6. The van der Waals surface area contributed by atoms with Gasteiger partial charge in [0, 0.05) is 13.1 Å². The monoisotopic (exact) mass is 390 g/mol. The van der Waals surface area contributed by atoms with Crippen LogP contribution in [-0.4, -0.2) is 51.6 Å². The fourth-order valence-corrected chi connectivity index (χ4v) is 3.39. The van der Waals surface area contributed by atoms with Crippen LogP contribution in [-0.2, 0) is 27.7 Å². The SMILES string of the molecule is COc1ccc(CCN(CC(=O)NCCc2ccccc2)S(C)(=O)=O)cc1. The van der Waals surface area contributed by atoms with Crippen molar-refractivity contribution in [3.8, 4) is 5.75 Å². The van der Waals surface area contributed by atoms with Crippen LogP contribution in [0.4, 0.5) is 0 Å². The van der Waals surface area contributed by atoms with E-state index in [0.29, 0.717) is 19.4 Å². The number of carbonyl (C=O) groups excluding carboxylic acids is 1. The Labute approximate surface area is 161 Å². The summed E-state index contributed by atoms with van der Waals surface area (Å²) in [6.45, 7) is 0.542. The molecule has 0 atom stereocenters. The largest absolute Gasteiger partial charge is 0.497 e. The highest BCUT2D eigenvalue weighted by molar-refractivity contribution is 7.88. The van der Waals surface area contributed by atoms with E-state index >= 15 is 0 Å². The summed E-state index contributed by atoms with van der Waals surface area (Å²) in [6, 6.07) is 17.2.